The van der Waals surface area contributed by atoms with E-state index in [-0.39, 0.29) is 24.4 Å². The summed E-state index contributed by atoms with van der Waals surface area (Å²) in [5, 5.41) is 8.80. The van der Waals surface area contributed by atoms with Crippen LogP contribution in [-0.4, -0.2) is 5.11 Å². The van der Waals surface area contributed by atoms with Crippen molar-refractivity contribution >= 4 is 0 Å². The number of nitrogens with two attached hydrogens (primary N) is 1. The Morgan fingerprint density at radius 2 is 2.07 bits per heavy atom. The van der Waals surface area contributed by atoms with Gasteiger partial charge in [0.25, 0.3) is 0 Å². The molecule has 78 valence electrons. The van der Waals surface area contributed by atoms with Gasteiger partial charge < -0.3 is 10.8 Å². The summed E-state index contributed by atoms with van der Waals surface area (Å²) in [7, 11) is 0. The molecule has 0 radical (unpaired) electrons. The van der Waals surface area contributed by atoms with E-state index in [2.05, 4.69) is 0 Å². The van der Waals surface area contributed by atoms with Gasteiger partial charge in [0.2, 0.25) is 0 Å². The molecule has 0 saturated carbocycles. The molecule has 3 N–H and O–H groups in total. The van der Waals surface area contributed by atoms with Crippen LogP contribution in [0.2, 0.25) is 0 Å². The molecule has 1 rings (SSSR count). The molecule has 0 bridgehead atoms. The average Bonchev–Trinajstić information content (AvgIpc) is 2.16. The fourth-order valence-corrected chi connectivity index (χ4v) is 1.30. The third-order valence-corrected chi connectivity index (χ3v) is 2.32. The summed E-state index contributed by atoms with van der Waals surface area (Å²) in [5.41, 5.74) is 6.91. The molecule has 14 heavy (non-hydrogen) atoms. The van der Waals surface area contributed by atoms with Crippen LogP contribution in [0.25, 0.3) is 0 Å². The summed E-state index contributed by atoms with van der Waals surface area (Å²) < 4.78 is 13.5. The van der Waals surface area contributed by atoms with Crippen molar-refractivity contribution < 1.29 is 9.50 Å². The molecule has 0 aliphatic carbocycles. The van der Waals surface area contributed by atoms with Gasteiger partial charge >= 0.3 is 0 Å². The lowest BCUT2D eigenvalue weighted by molar-refractivity contribution is 0.281. The second-order valence-corrected chi connectivity index (χ2v) is 3.78. The lowest BCUT2D eigenvalue weighted by atomic mass is 9.96. The van der Waals surface area contributed by atoms with Crippen LogP contribution in [0.5, 0.6) is 0 Å². The van der Waals surface area contributed by atoms with E-state index in [1.165, 1.54) is 6.07 Å². The molecule has 0 aliphatic heterocycles. The van der Waals surface area contributed by atoms with Crippen molar-refractivity contribution in [3.8, 4) is 0 Å². The summed E-state index contributed by atoms with van der Waals surface area (Å²) >= 11 is 0. The Kier molecular flexibility index (Phi) is 3.61. The molecule has 1 aromatic carbocycles. The van der Waals surface area contributed by atoms with E-state index in [0.29, 0.717) is 11.1 Å². The highest BCUT2D eigenvalue weighted by Gasteiger charge is 2.14. The van der Waals surface area contributed by atoms with Gasteiger partial charge in [-0.1, -0.05) is 26.0 Å². The first-order chi connectivity index (χ1) is 6.56. The maximum atomic E-state index is 13.5. The van der Waals surface area contributed by atoms with Crippen molar-refractivity contribution in [2.45, 2.75) is 26.5 Å². The fourth-order valence-electron chi connectivity index (χ4n) is 1.30. The molecule has 0 aliphatic rings. The average molecular weight is 197 g/mol. The van der Waals surface area contributed by atoms with E-state index in [1.807, 2.05) is 13.8 Å². The summed E-state index contributed by atoms with van der Waals surface area (Å²) in [6, 6.07) is 4.38. The van der Waals surface area contributed by atoms with Gasteiger partial charge in [0.15, 0.2) is 0 Å². The molecule has 0 aromatic heterocycles. The van der Waals surface area contributed by atoms with Crippen LogP contribution in [0.4, 0.5) is 4.39 Å². The van der Waals surface area contributed by atoms with Crippen LogP contribution >= 0.6 is 0 Å². The topological polar surface area (TPSA) is 46.2 Å². The highest BCUT2D eigenvalue weighted by atomic mass is 19.1. The Hall–Kier alpha value is -0.930. The first-order valence-electron chi connectivity index (χ1n) is 4.71. The first-order valence-corrected chi connectivity index (χ1v) is 4.71. The molecule has 0 amide bonds. The third-order valence-electron chi connectivity index (χ3n) is 2.32. The Morgan fingerprint density at radius 1 is 1.43 bits per heavy atom. The largest absolute Gasteiger partial charge is 0.392 e. The molecule has 0 saturated heterocycles. The van der Waals surface area contributed by atoms with Gasteiger partial charge in [0.05, 0.1) is 6.61 Å². The van der Waals surface area contributed by atoms with Crippen molar-refractivity contribution in [1.29, 1.82) is 0 Å². The second-order valence-electron chi connectivity index (χ2n) is 3.78. The molecule has 0 fully saturated rings. The molecule has 0 heterocycles. The van der Waals surface area contributed by atoms with Crippen molar-refractivity contribution in [1.82, 2.24) is 0 Å². The quantitative estimate of drug-likeness (QED) is 0.778. The monoisotopic (exact) mass is 197 g/mol. The summed E-state index contributed by atoms with van der Waals surface area (Å²) in [6.07, 6.45) is 0. The van der Waals surface area contributed by atoms with E-state index >= 15 is 0 Å². The van der Waals surface area contributed by atoms with Crippen molar-refractivity contribution in [3.63, 3.8) is 0 Å². The lowest BCUT2D eigenvalue weighted by Crippen LogP contribution is -2.18. The number of aliphatic hydroxyl groups is 1. The smallest absolute Gasteiger partial charge is 0.128 e. The number of aliphatic hydroxyl groups excluding tert-OH is 1. The van der Waals surface area contributed by atoms with E-state index in [0.717, 1.165) is 0 Å². The van der Waals surface area contributed by atoms with Crippen molar-refractivity contribution in [3.05, 3.63) is 35.1 Å². The van der Waals surface area contributed by atoms with E-state index in [4.69, 9.17) is 10.8 Å². The molecule has 0 spiro atoms. The van der Waals surface area contributed by atoms with Gasteiger partial charge in [-0.2, -0.15) is 0 Å². The SMILES string of the molecule is CC(C)[C@@H](N)c1ccc(CO)cc1F. The molecule has 0 unspecified atom stereocenters. The minimum absolute atomic E-state index is 0.145. The highest BCUT2D eigenvalue weighted by Crippen LogP contribution is 2.22. The lowest BCUT2D eigenvalue weighted by Gasteiger charge is -2.17. The zero-order chi connectivity index (χ0) is 10.7. The number of halogens is 1. The normalized spacial score (nSPS) is 13.3. The third kappa shape index (κ3) is 2.30. The van der Waals surface area contributed by atoms with Crippen LogP contribution in [0, 0.1) is 11.7 Å². The molecular weight excluding hydrogens is 181 g/mol. The summed E-state index contributed by atoms with van der Waals surface area (Å²) in [6.45, 7) is 3.75. The first kappa shape index (κ1) is 11.1. The van der Waals surface area contributed by atoms with Crippen LogP contribution in [-0.2, 0) is 6.61 Å². The number of benzene rings is 1. The zero-order valence-corrected chi connectivity index (χ0v) is 8.50. The van der Waals surface area contributed by atoms with Crippen LogP contribution in [0.15, 0.2) is 18.2 Å². The number of rotatable bonds is 3. The molecule has 2 nitrogen and oxygen atoms in total. The minimum Gasteiger partial charge on any atom is -0.392 e. The van der Waals surface area contributed by atoms with Gasteiger partial charge in [-0.3, -0.25) is 0 Å². The standard InChI is InChI=1S/C11H16FNO/c1-7(2)11(13)9-4-3-8(6-14)5-10(9)12/h3-5,7,11,14H,6,13H2,1-2H3/t11-/m1/s1. The van der Waals surface area contributed by atoms with Crippen LogP contribution in [0.3, 0.4) is 0 Å². The maximum Gasteiger partial charge on any atom is 0.128 e. The molecule has 1 aromatic rings. The van der Waals surface area contributed by atoms with Crippen molar-refractivity contribution in [2.75, 3.05) is 0 Å². The predicted octanol–water partition coefficient (Wildman–Crippen LogP) is 1.97. The van der Waals surface area contributed by atoms with Crippen molar-refractivity contribution in [2.24, 2.45) is 11.7 Å². The Balaban J connectivity index is 2.99. The zero-order valence-electron chi connectivity index (χ0n) is 8.50. The Morgan fingerprint density at radius 3 is 2.50 bits per heavy atom. The molecule has 3 heteroatoms. The van der Waals surface area contributed by atoms with Gasteiger partial charge in [0.1, 0.15) is 5.82 Å². The summed E-state index contributed by atoms with van der Waals surface area (Å²) in [4.78, 5) is 0. The number of hydrogen-bond acceptors (Lipinski definition) is 2. The predicted molar refractivity (Wildman–Crippen MR) is 54.1 cm³/mol. The molecule has 1 atom stereocenters. The fraction of sp³-hybridized carbons (Fsp3) is 0.455. The van der Waals surface area contributed by atoms with Gasteiger partial charge in [-0.15, -0.1) is 0 Å². The Bertz CT molecular complexity index is 312. The van der Waals surface area contributed by atoms with E-state index in [1.54, 1.807) is 12.1 Å². The second kappa shape index (κ2) is 4.53. The minimum atomic E-state index is -0.335. The van der Waals surface area contributed by atoms with Crippen LogP contribution < -0.4 is 5.73 Å². The highest BCUT2D eigenvalue weighted by molar-refractivity contribution is 5.26. The van der Waals surface area contributed by atoms with Gasteiger partial charge in [-0.25, -0.2) is 4.39 Å². The van der Waals surface area contributed by atoms with E-state index < -0.39 is 0 Å². The maximum absolute atomic E-state index is 13.5. The van der Waals surface area contributed by atoms with Gasteiger partial charge in [-0.05, 0) is 17.5 Å². The Labute approximate surface area is 83.6 Å². The van der Waals surface area contributed by atoms with Gasteiger partial charge in [0, 0.05) is 11.6 Å². The number of hydrogen-bond donors (Lipinski definition) is 2. The van der Waals surface area contributed by atoms with E-state index in [9.17, 15) is 4.39 Å². The summed E-state index contributed by atoms with van der Waals surface area (Å²) in [5.74, 6) is -0.137. The van der Waals surface area contributed by atoms with Crippen LogP contribution in [0.1, 0.15) is 31.0 Å². The molecular formula is C11H16FNO.